The normalized spacial score (nSPS) is 16.9. The summed E-state index contributed by atoms with van der Waals surface area (Å²) in [5.41, 5.74) is 1.48. The van der Waals surface area contributed by atoms with Crippen LogP contribution in [0.15, 0.2) is 49.2 Å². The maximum Gasteiger partial charge on any atom is 0.296 e. The molecule has 150 valence electrons. The molecule has 0 aromatic heterocycles. The Balaban J connectivity index is 2.62. The molecule has 0 saturated carbocycles. The summed E-state index contributed by atoms with van der Waals surface area (Å²) in [6.45, 7) is 1.33. The molecular formula is C14H13N3O8S3. The predicted molar refractivity (Wildman–Crippen MR) is 102 cm³/mol. The van der Waals surface area contributed by atoms with Crippen LogP contribution in [0.1, 0.15) is 6.92 Å². The van der Waals surface area contributed by atoms with Crippen LogP contribution < -0.4 is 5.43 Å². The minimum absolute atomic E-state index is 0.0563. The number of dihydropyridines is 1. The number of amidine groups is 1. The number of ketones is 1. The number of hydrogen-bond donors (Lipinski definition) is 4. The van der Waals surface area contributed by atoms with Crippen molar-refractivity contribution in [2.24, 2.45) is 10.1 Å². The Morgan fingerprint density at radius 1 is 1.21 bits per heavy atom. The van der Waals surface area contributed by atoms with Crippen LogP contribution in [0.4, 0.5) is 5.69 Å². The van der Waals surface area contributed by atoms with E-state index in [1.54, 1.807) is 0 Å². The van der Waals surface area contributed by atoms with E-state index in [0.29, 0.717) is 6.29 Å². The topological polar surface area (TPSA) is 180 Å². The van der Waals surface area contributed by atoms with E-state index >= 15 is 0 Å². The van der Waals surface area contributed by atoms with Gasteiger partial charge in [0.2, 0.25) is 5.78 Å². The van der Waals surface area contributed by atoms with Gasteiger partial charge in [0.15, 0.2) is 12.1 Å². The van der Waals surface area contributed by atoms with E-state index < -0.39 is 41.5 Å². The molecule has 2 rings (SSSR count). The summed E-state index contributed by atoms with van der Waals surface area (Å²) < 4.78 is 63.9. The second-order valence-electron chi connectivity index (χ2n) is 5.35. The van der Waals surface area contributed by atoms with E-state index in [9.17, 15) is 31.0 Å². The summed E-state index contributed by atoms with van der Waals surface area (Å²) in [6, 6.07) is 2.23. The van der Waals surface area contributed by atoms with Crippen molar-refractivity contribution in [3.05, 3.63) is 29.3 Å². The maximum absolute atomic E-state index is 11.9. The third kappa shape index (κ3) is 4.53. The molecule has 0 saturated heterocycles. The molecule has 11 nitrogen and oxygen atoms in total. The predicted octanol–water partition coefficient (Wildman–Crippen LogP) is 0.374. The molecule has 0 aliphatic carbocycles. The van der Waals surface area contributed by atoms with Gasteiger partial charge in [-0.15, -0.1) is 0 Å². The number of hydrogen-bond acceptors (Lipinski definition) is 9. The van der Waals surface area contributed by atoms with Crippen molar-refractivity contribution < 1.29 is 35.5 Å². The zero-order chi connectivity index (χ0) is 21.3. The summed E-state index contributed by atoms with van der Waals surface area (Å²) in [6.07, 6.45) is 0.310. The Morgan fingerprint density at radius 3 is 2.36 bits per heavy atom. The first-order valence-corrected chi connectivity index (χ1v) is 10.7. The quantitative estimate of drug-likeness (QED) is 0.158. The molecule has 0 spiro atoms. The van der Waals surface area contributed by atoms with Crippen LogP contribution in [0.25, 0.3) is 0 Å². The van der Waals surface area contributed by atoms with Gasteiger partial charge in [0.1, 0.15) is 4.90 Å². The van der Waals surface area contributed by atoms with Crippen molar-refractivity contribution >= 4 is 62.2 Å². The first-order chi connectivity index (χ1) is 12.9. The van der Waals surface area contributed by atoms with Crippen molar-refractivity contribution in [2.75, 3.05) is 11.2 Å². The third-order valence-electron chi connectivity index (χ3n) is 3.53. The van der Waals surface area contributed by atoms with E-state index in [1.807, 2.05) is 0 Å². The summed E-state index contributed by atoms with van der Waals surface area (Å²) in [7, 11) is -9.46. The molecule has 0 atom stereocenters. The lowest BCUT2D eigenvalue weighted by molar-refractivity contribution is -0.113. The minimum Gasteiger partial charge on any atom is -0.298 e. The number of Topliss-reactive ketones (excluding diaryl/α,β-unsaturated/α-hetero) is 1. The lowest BCUT2D eigenvalue weighted by Gasteiger charge is -2.15. The number of benzene rings is 1. The molecular weight excluding hydrogens is 434 g/mol. The number of aldehydes is 1. The highest BCUT2D eigenvalue weighted by molar-refractivity contribution is 7.86. The fourth-order valence-corrected chi connectivity index (χ4v) is 3.64. The van der Waals surface area contributed by atoms with Crippen molar-refractivity contribution in [1.82, 2.24) is 0 Å². The monoisotopic (exact) mass is 447 g/mol. The largest absolute Gasteiger partial charge is 0.298 e. The number of thiol groups is 1. The molecule has 14 heteroatoms. The average Bonchev–Trinajstić information content (AvgIpc) is 2.60. The van der Waals surface area contributed by atoms with E-state index in [0.717, 1.165) is 18.2 Å². The Morgan fingerprint density at radius 2 is 1.86 bits per heavy atom. The summed E-state index contributed by atoms with van der Waals surface area (Å²) >= 11 is 4.01. The van der Waals surface area contributed by atoms with Gasteiger partial charge in [0, 0.05) is 11.3 Å². The number of nitrogens with one attached hydrogen (secondary N) is 1. The molecule has 1 aliphatic rings. The van der Waals surface area contributed by atoms with Gasteiger partial charge in [0.05, 0.1) is 21.9 Å². The molecule has 0 unspecified atom stereocenters. The minimum atomic E-state index is -4.78. The number of hydrazone groups is 1. The molecule has 1 aliphatic heterocycles. The van der Waals surface area contributed by atoms with Gasteiger partial charge in [-0.1, -0.05) is 0 Å². The fraction of sp³-hybridized carbons (Fsp3) is 0.143. The molecule has 1 heterocycles. The second kappa shape index (κ2) is 7.92. The molecule has 1 aromatic rings. The second-order valence-corrected chi connectivity index (χ2v) is 8.48. The van der Waals surface area contributed by atoms with Gasteiger partial charge in [-0.25, -0.2) is 4.99 Å². The number of carbonyl (C=O) groups excluding carboxylic acids is 2. The van der Waals surface area contributed by atoms with Crippen LogP contribution in [-0.4, -0.2) is 55.3 Å². The van der Waals surface area contributed by atoms with Crippen LogP contribution >= 0.6 is 12.6 Å². The van der Waals surface area contributed by atoms with Crippen LogP contribution in [0.3, 0.4) is 0 Å². The lowest BCUT2D eigenvalue weighted by atomic mass is 9.99. The van der Waals surface area contributed by atoms with Crippen LogP contribution in [0.5, 0.6) is 0 Å². The lowest BCUT2D eigenvalue weighted by Crippen LogP contribution is -2.26. The van der Waals surface area contributed by atoms with E-state index in [1.165, 1.54) is 6.92 Å². The van der Waals surface area contributed by atoms with Crippen LogP contribution in [0.2, 0.25) is 0 Å². The van der Waals surface area contributed by atoms with Gasteiger partial charge in [-0.2, -0.15) is 34.6 Å². The first kappa shape index (κ1) is 21.9. The van der Waals surface area contributed by atoms with E-state index in [2.05, 4.69) is 28.1 Å². The van der Waals surface area contributed by atoms with Gasteiger partial charge in [-0.05, 0) is 25.1 Å². The molecule has 0 radical (unpaired) electrons. The van der Waals surface area contributed by atoms with E-state index in [-0.39, 0.29) is 28.4 Å². The number of carbonyl (C=O) groups is 2. The number of anilines is 1. The van der Waals surface area contributed by atoms with Crippen LogP contribution in [-0.2, 0) is 29.8 Å². The Kier molecular flexibility index (Phi) is 6.20. The van der Waals surface area contributed by atoms with Crippen molar-refractivity contribution in [2.45, 2.75) is 16.7 Å². The molecule has 0 fully saturated rings. The number of allylic oxidation sites excluding steroid dienone is 1. The summed E-state index contributed by atoms with van der Waals surface area (Å²) in [5.74, 6) is -0.898. The number of rotatable bonds is 6. The van der Waals surface area contributed by atoms with Crippen molar-refractivity contribution in [1.29, 1.82) is 0 Å². The van der Waals surface area contributed by atoms with Gasteiger partial charge in [0.25, 0.3) is 20.2 Å². The SMILES string of the molecule is CC1=N/C(=N\Nc2cc(S(=O)(=O)O)ccc2S(=O)(=O)O)C(CS)=C(C=O)C1=O. The number of nitrogens with zero attached hydrogens (tertiary/aromatic N) is 2. The fourth-order valence-electron chi connectivity index (χ4n) is 2.20. The molecule has 28 heavy (non-hydrogen) atoms. The highest BCUT2D eigenvalue weighted by atomic mass is 32.2. The Bertz CT molecular complexity index is 1160. The number of aliphatic imine (C=N–C) groups is 1. The van der Waals surface area contributed by atoms with Gasteiger partial charge >= 0.3 is 0 Å². The third-order valence-corrected chi connectivity index (χ3v) is 5.60. The van der Waals surface area contributed by atoms with Gasteiger partial charge in [-0.3, -0.25) is 24.1 Å². The highest BCUT2D eigenvalue weighted by Gasteiger charge is 2.26. The molecule has 1 aromatic carbocycles. The Labute approximate surface area is 165 Å². The molecule has 3 N–H and O–H groups in total. The standard InChI is InChI=1S/C14H13N3O8S3/c1-7-13(19)9(5-18)10(6-26)14(15-7)17-16-11-4-8(27(20,21)22)2-3-12(11)28(23,24)25/h2-5,16,26H,6H2,1H3,(H,20,21,22)(H,23,24,25)/b17-14-. The molecule has 0 bridgehead atoms. The van der Waals surface area contributed by atoms with Crippen molar-refractivity contribution in [3.63, 3.8) is 0 Å². The van der Waals surface area contributed by atoms with Gasteiger partial charge < -0.3 is 0 Å². The highest BCUT2D eigenvalue weighted by Crippen LogP contribution is 2.25. The Hall–Kier alpha value is -2.39. The van der Waals surface area contributed by atoms with Crippen molar-refractivity contribution in [3.8, 4) is 0 Å². The summed E-state index contributed by atoms with van der Waals surface area (Å²) in [5, 5.41) is 3.80. The maximum atomic E-state index is 11.9. The van der Waals surface area contributed by atoms with E-state index in [4.69, 9.17) is 4.55 Å². The zero-order valence-corrected chi connectivity index (χ0v) is 16.5. The zero-order valence-electron chi connectivity index (χ0n) is 14.0. The molecule has 0 amide bonds. The first-order valence-electron chi connectivity index (χ1n) is 7.22. The van der Waals surface area contributed by atoms with Crippen LogP contribution in [0, 0.1) is 0 Å². The average molecular weight is 447 g/mol. The smallest absolute Gasteiger partial charge is 0.296 e. The summed E-state index contributed by atoms with van der Waals surface area (Å²) in [4.78, 5) is 25.6.